The van der Waals surface area contributed by atoms with Crippen molar-refractivity contribution >= 4 is 16.5 Å². The van der Waals surface area contributed by atoms with Gasteiger partial charge in [0.1, 0.15) is 0 Å². The minimum atomic E-state index is -4.43. The summed E-state index contributed by atoms with van der Waals surface area (Å²) in [5, 5.41) is 8.87. The summed E-state index contributed by atoms with van der Waals surface area (Å²) >= 11 is 0.525. The zero-order valence-electron chi connectivity index (χ0n) is 8.98. The summed E-state index contributed by atoms with van der Waals surface area (Å²) < 4.78 is 39.0. The third-order valence-corrected chi connectivity index (χ3v) is 3.57. The summed E-state index contributed by atoms with van der Waals surface area (Å²) in [7, 11) is 0. The smallest absolute Gasteiger partial charge is 0.355 e. The first-order chi connectivity index (χ1) is 8.52. The van der Waals surface area contributed by atoms with E-state index in [2.05, 4.69) is 20.5 Å². The van der Waals surface area contributed by atoms with Crippen LogP contribution in [0.3, 0.4) is 0 Å². The third kappa shape index (κ3) is 2.05. The predicted octanol–water partition coefficient (Wildman–Crippen LogP) is 1.79. The Kier molecular flexibility index (Phi) is 2.51. The van der Waals surface area contributed by atoms with Crippen molar-refractivity contribution in [2.45, 2.75) is 25.2 Å². The lowest BCUT2D eigenvalue weighted by atomic mass is 10.2. The number of fused-ring (bicyclic) bond motifs is 1. The van der Waals surface area contributed by atoms with Crippen LogP contribution in [0.4, 0.5) is 18.3 Å². The van der Waals surface area contributed by atoms with Crippen molar-refractivity contribution < 1.29 is 13.2 Å². The third-order valence-electron chi connectivity index (χ3n) is 2.67. The van der Waals surface area contributed by atoms with Gasteiger partial charge in [0.2, 0.25) is 10.1 Å². The van der Waals surface area contributed by atoms with Gasteiger partial charge in [0.05, 0.1) is 12.4 Å². The Morgan fingerprint density at radius 2 is 2.22 bits per heavy atom. The summed E-state index contributed by atoms with van der Waals surface area (Å²) in [4.78, 5) is 3.98. The van der Waals surface area contributed by atoms with E-state index in [1.54, 1.807) is 12.5 Å². The Hall–Kier alpha value is -1.64. The summed E-state index contributed by atoms with van der Waals surface area (Å²) in [6.45, 7) is 0.677. The molecule has 96 valence electrons. The Balaban J connectivity index is 1.68. The molecule has 1 aliphatic heterocycles. The molecule has 1 unspecified atom stereocenters. The van der Waals surface area contributed by atoms with Gasteiger partial charge in [0.15, 0.2) is 0 Å². The maximum atomic E-state index is 12.3. The van der Waals surface area contributed by atoms with Gasteiger partial charge in [-0.25, -0.2) is 4.98 Å². The van der Waals surface area contributed by atoms with E-state index in [0.717, 1.165) is 12.1 Å². The molecular weight excluding hydrogens is 267 g/mol. The van der Waals surface area contributed by atoms with E-state index < -0.39 is 11.2 Å². The van der Waals surface area contributed by atoms with Gasteiger partial charge >= 0.3 is 6.18 Å². The fraction of sp³-hybridized carbons (Fsp3) is 0.444. The highest BCUT2D eigenvalue weighted by atomic mass is 32.1. The fourth-order valence-corrected chi connectivity index (χ4v) is 2.59. The van der Waals surface area contributed by atoms with Crippen LogP contribution in [-0.4, -0.2) is 25.8 Å². The van der Waals surface area contributed by atoms with E-state index in [1.807, 2.05) is 4.57 Å². The van der Waals surface area contributed by atoms with E-state index >= 15 is 0 Å². The molecule has 3 rings (SSSR count). The number of hydrogen-bond acceptors (Lipinski definition) is 5. The molecule has 1 N–H and O–H groups in total. The molecule has 0 saturated heterocycles. The number of nitrogens with one attached hydrogen (secondary N) is 1. The number of imidazole rings is 1. The average molecular weight is 275 g/mol. The zero-order valence-corrected chi connectivity index (χ0v) is 9.79. The molecule has 0 bridgehead atoms. The Morgan fingerprint density at radius 1 is 1.39 bits per heavy atom. The maximum absolute atomic E-state index is 12.3. The monoisotopic (exact) mass is 275 g/mol. The molecule has 5 nitrogen and oxygen atoms in total. The minimum absolute atomic E-state index is 0.0389. The van der Waals surface area contributed by atoms with E-state index in [1.165, 1.54) is 0 Å². The molecule has 0 fully saturated rings. The molecule has 1 aliphatic rings. The van der Waals surface area contributed by atoms with Crippen molar-refractivity contribution in [1.29, 1.82) is 0 Å². The number of alkyl halides is 3. The van der Waals surface area contributed by atoms with Gasteiger partial charge in [-0.1, -0.05) is 11.3 Å². The van der Waals surface area contributed by atoms with Crippen LogP contribution in [0.2, 0.25) is 0 Å². The van der Waals surface area contributed by atoms with Gasteiger partial charge in [0, 0.05) is 24.9 Å². The quantitative estimate of drug-likeness (QED) is 0.908. The van der Waals surface area contributed by atoms with Gasteiger partial charge in [0.25, 0.3) is 0 Å². The number of nitrogens with zero attached hydrogens (tertiary/aromatic N) is 4. The number of halogens is 3. The lowest BCUT2D eigenvalue weighted by Gasteiger charge is -2.09. The van der Waals surface area contributed by atoms with Gasteiger partial charge < -0.3 is 9.88 Å². The van der Waals surface area contributed by atoms with Crippen LogP contribution in [0.1, 0.15) is 10.7 Å². The normalized spacial score (nSPS) is 18.9. The van der Waals surface area contributed by atoms with E-state index in [9.17, 15) is 13.2 Å². The van der Waals surface area contributed by atoms with Crippen LogP contribution in [0.5, 0.6) is 0 Å². The molecule has 0 radical (unpaired) electrons. The number of hydrogen-bond donors (Lipinski definition) is 1. The summed E-state index contributed by atoms with van der Waals surface area (Å²) in [6, 6.07) is 0.0389. The number of anilines is 1. The Labute approximate surface area is 104 Å². The van der Waals surface area contributed by atoms with Crippen LogP contribution in [0, 0.1) is 0 Å². The number of rotatable bonds is 2. The molecule has 2 aromatic rings. The topological polar surface area (TPSA) is 55.6 Å². The standard InChI is InChI=1S/C9H8F3N5S/c10-9(11,12)7-15-16-8(18-7)14-5-1-6-2-13-4-17(6)3-5/h2,4-5H,1,3H2,(H,14,16). The van der Waals surface area contributed by atoms with E-state index in [0.29, 0.717) is 17.9 Å². The van der Waals surface area contributed by atoms with Crippen molar-refractivity contribution in [1.82, 2.24) is 19.7 Å². The van der Waals surface area contributed by atoms with Crippen molar-refractivity contribution in [3.8, 4) is 0 Å². The lowest BCUT2D eigenvalue weighted by molar-refractivity contribution is -0.138. The second-order valence-electron chi connectivity index (χ2n) is 3.99. The Bertz CT molecular complexity index is 540. The summed E-state index contributed by atoms with van der Waals surface area (Å²) in [5.41, 5.74) is 1.06. The fourth-order valence-electron chi connectivity index (χ4n) is 1.90. The maximum Gasteiger partial charge on any atom is 0.445 e. The highest BCUT2D eigenvalue weighted by molar-refractivity contribution is 7.15. The van der Waals surface area contributed by atoms with Crippen molar-refractivity contribution in [2.75, 3.05) is 5.32 Å². The molecule has 9 heteroatoms. The molecule has 0 aromatic carbocycles. The van der Waals surface area contributed by atoms with Crippen molar-refractivity contribution in [3.05, 3.63) is 23.2 Å². The molecule has 1 atom stereocenters. The van der Waals surface area contributed by atoms with E-state index in [4.69, 9.17) is 0 Å². The van der Waals surface area contributed by atoms with Crippen LogP contribution < -0.4 is 5.32 Å². The van der Waals surface area contributed by atoms with Gasteiger partial charge in [-0.3, -0.25) is 0 Å². The molecule has 0 amide bonds. The highest BCUT2D eigenvalue weighted by Crippen LogP contribution is 2.33. The van der Waals surface area contributed by atoms with Crippen molar-refractivity contribution in [3.63, 3.8) is 0 Å². The summed E-state index contributed by atoms with van der Waals surface area (Å²) in [5.74, 6) is 0. The van der Waals surface area contributed by atoms with Crippen LogP contribution in [0.25, 0.3) is 0 Å². The molecule has 2 aromatic heterocycles. The molecule has 0 spiro atoms. The van der Waals surface area contributed by atoms with Crippen molar-refractivity contribution in [2.24, 2.45) is 0 Å². The lowest BCUT2D eigenvalue weighted by Crippen LogP contribution is -2.20. The Morgan fingerprint density at radius 3 is 2.89 bits per heavy atom. The minimum Gasteiger partial charge on any atom is -0.355 e. The summed E-state index contributed by atoms with van der Waals surface area (Å²) in [6.07, 6.45) is -0.245. The van der Waals surface area contributed by atoms with Gasteiger partial charge in [-0.2, -0.15) is 13.2 Å². The second kappa shape index (κ2) is 3.94. The van der Waals surface area contributed by atoms with Crippen LogP contribution in [-0.2, 0) is 19.1 Å². The van der Waals surface area contributed by atoms with Crippen LogP contribution >= 0.6 is 11.3 Å². The first kappa shape index (κ1) is 11.5. The van der Waals surface area contributed by atoms with Gasteiger partial charge in [-0.05, 0) is 0 Å². The molecule has 3 heterocycles. The average Bonchev–Trinajstić information content (AvgIpc) is 2.90. The van der Waals surface area contributed by atoms with Gasteiger partial charge in [-0.15, -0.1) is 10.2 Å². The molecule has 18 heavy (non-hydrogen) atoms. The zero-order chi connectivity index (χ0) is 12.8. The first-order valence-electron chi connectivity index (χ1n) is 5.18. The largest absolute Gasteiger partial charge is 0.445 e. The van der Waals surface area contributed by atoms with E-state index in [-0.39, 0.29) is 11.2 Å². The predicted molar refractivity (Wildman–Crippen MR) is 58.3 cm³/mol. The first-order valence-corrected chi connectivity index (χ1v) is 6.00. The SMILES string of the molecule is FC(F)(F)c1nnc(NC2Cc3cncn3C2)s1. The molecule has 0 saturated carbocycles. The molecule has 0 aliphatic carbocycles. The van der Waals surface area contributed by atoms with Crippen LogP contribution in [0.15, 0.2) is 12.5 Å². The number of aromatic nitrogens is 4. The highest BCUT2D eigenvalue weighted by Gasteiger charge is 2.36. The second-order valence-corrected chi connectivity index (χ2v) is 4.97. The molecular formula is C9H8F3N5S.